The summed E-state index contributed by atoms with van der Waals surface area (Å²) in [7, 11) is -4.10. The monoisotopic (exact) mass is 368 g/mol. The van der Waals surface area contributed by atoms with Crippen LogP contribution >= 0.6 is 0 Å². The first kappa shape index (κ1) is 19.7. The zero-order valence-electron chi connectivity index (χ0n) is 12.6. The molecule has 1 atom stereocenters. The number of carbonyl (C=O) groups is 2. The summed E-state index contributed by atoms with van der Waals surface area (Å²) >= 11 is 0. The summed E-state index contributed by atoms with van der Waals surface area (Å²) in [5.74, 6) is -3.89. The third-order valence-corrected chi connectivity index (χ3v) is 4.84. The Hall–Kier alpha value is -2.35. The lowest BCUT2D eigenvalue weighted by Gasteiger charge is -2.35. The molecule has 13 nitrogen and oxygen atoms in total. The molecule has 0 aromatic rings. The molecule has 1 aliphatic rings. The summed E-state index contributed by atoms with van der Waals surface area (Å²) in [6, 6.07) is -1.48. The van der Waals surface area contributed by atoms with E-state index in [1.165, 1.54) is 6.92 Å². The summed E-state index contributed by atoms with van der Waals surface area (Å²) in [5, 5.41) is 21.4. The van der Waals surface area contributed by atoms with Gasteiger partial charge < -0.3 is 15.4 Å². The van der Waals surface area contributed by atoms with Gasteiger partial charge >= 0.3 is 11.6 Å². The van der Waals surface area contributed by atoms with Crippen LogP contribution < -0.4 is 5.73 Å². The van der Waals surface area contributed by atoms with Gasteiger partial charge in [-0.15, -0.1) is 0 Å². The molecule has 2 N–H and O–H groups in total. The van der Waals surface area contributed by atoms with Crippen LogP contribution in [0.25, 0.3) is 0 Å². The van der Waals surface area contributed by atoms with Crippen LogP contribution in [0.1, 0.15) is 6.92 Å². The molecule has 1 heterocycles. The Bertz CT molecular complexity index is 639. The van der Waals surface area contributed by atoms with Gasteiger partial charge in [-0.05, 0) is 6.92 Å². The van der Waals surface area contributed by atoms with Crippen molar-refractivity contribution >= 4 is 21.7 Å². The van der Waals surface area contributed by atoms with E-state index in [4.69, 9.17) is 5.73 Å². The molecule has 0 unspecified atom stereocenters. The van der Waals surface area contributed by atoms with Crippen molar-refractivity contribution in [1.82, 2.24) is 4.90 Å². The van der Waals surface area contributed by atoms with E-state index in [0.717, 1.165) is 0 Å². The molecule has 1 amide bonds. The second-order valence-corrected chi connectivity index (χ2v) is 7.27. The number of rotatable bonds is 8. The highest BCUT2D eigenvalue weighted by atomic mass is 32.2. The van der Waals surface area contributed by atoms with E-state index in [-0.39, 0.29) is 6.61 Å². The quantitative estimate of drug-likeness (QED) is 0.205. The molecule has 0 aromatic carbocycles. The number of nitro groups is 2. The van der Waals surface area contributed by atoms with Crippen LogP contribution in [-0.2, 0) is 24.2 Å². The number of sulfone groups is 1. The number of nitrogens with zero attached hydrogens (tertiary/aromatic N) is 3. The molecular formula is C10H16N4O9S. The number of hydrogen-bond acceptors (Lipinski definition) is 10. The largest absolute Gasteiger partial charge is 0.492 e. The fraction of sp³-hybridized carbons (Fsp3) is 0.800. The number of amides is 1. The first-order valence-electron chi connectivity index (χ1n) is 6.64. The summed E-state index contributed by atoms with van der Waals surface area (Å²) in [6.45, 7) is -0.150. The number of esters is 1. The number of likely N-dealkylation sites (tertiary alicyclic amines) is 1. The Balaban J connectivity index is 2.64. The molecule has 14 heteroatoms. The second-order valence-electron chi connectivity index (χ2n) is 5.16. The first-order chi connectivity index (χ1) is 10.9. The van der Waals surface area contributed by atoms with Crippen LogP contribution in [0, 0.1) is 20.2 Å². The zero-order valence-corrected chi connectivity index (χ0v) is 13.4. The Morgan fingerprint density at radius 2 is 1.79 bits per heavy atom. The molecule has 0 bridgehead atoms. The zero-order chi connectivity index (χ0) is 18.7. The maximum absolute atomic E-state index is 11.8. The number of nitrogens with two attached hydrogens (primary N) is 1. The van der Waals surface area contributed by atoms with Gasteiger partial charge in [0.2, 0.25) is 5.91 Å². The Kier molecular flexibility index (Phi) is 5.78. The predicted octanol–water partition coefficient (Wildman–Crippen LogP) is -2.62. The molecule has 0 radical (unpaired) electrons. The lowest BCUT2D eigenvalue weighted by atomic mass is 10.0. The van der Waals surface area contributed by atoms with E-state index in [1.807, 2.05) is 0 Å². The molecule has 1 aliphatic heterocycles. The van der Waals surface area contributed by atoms with E-state index in [9.17, 15) is 38.2 Å². The molecule has 1 fully saturated rings. The second kappa shape index (κ2) is 7.04. The minimum Gasteiger partial charge on any atom is -0.465 e. The number of carbonyl (C=O) groups excluding carboxylic acids is 2. The molecule has 0 aromatic heterocycles. The number of ether oxygens (including phenoxy) is 1. The highest BCUT2D eigenvalue weighted by molar-refractivity contribution is 7.92. The lowest BCUT2D eigenvalue weighted by Crippen LogP contribution is -2.71. The van der Waals surface area contributed by atoms with E-state index >= 15 is 0 Å². The van der Waals surface area contributed by atoms with Gasteiger partial charge in [0.05, 0.1) is 12.4 Å². The molecule has 0 spiro atoms. The van der Waals surface area contributed by atoms with Gasteiger partial charge in [0.25, 0.3) is 0 Å². The smallest absolute Gasteiger partial charge is 0.465 e. The van der Waals surface area contributed by atoms with Crippen molar-refractivity contribution in [3.05, 3.63) is 20.2 Å². The van der Waals surface area contributed by atoms with Crippen molar-refractivity contribution in [3.8, 4) is 0 Å². The van der Waals surface area contributed by atoms with Crippen LogP contribution in [0.4, 0.5) is 0 Å². The Morgan fingerprint density at radius 1 is 1.29 bits per heavy atom. The Labute approximate surface area is 135 Å². The average molecular weight is 368 g/mol. The van der Waals surface area contributed by atoms with Gasteiger partial charge in [-0.3, -0.25) is 29.8 Å². The molecule has 136 valence electrons. The molecule has 0 aliphatic carbocycles. The first-order valence-corrected chi connectivity index (χ1v) is 8.46. The van der Waals surface area contributed by atoms with Gasteiger partial charge in [0.15, 0.2) is 22.9 Å². The third kappa shape index (κ3) is 4.14. The standard InChI is InChI=1S/C10H16N4O9S/c1-2-23-9(16)7(11)3-24(21,22)4-8(15)12-5-10(6-12,13(17)18)14(19)20/h7H,2-6,11H2,1H3/t7-/m0/s1. The van der Waals surface area contributed by atoms with Crippen molar-refractivity contribution in [2.24, 2.45) is 5.73 Å². The van der Waals surface area contributed by atoms with Crippen LogP contribution in [0.3, 0.4) is 0 Å². The van der Waals surface area contributed by atoms with Gasteiger partial charge in [0.1, 0.15) is 21.6 Å². The molecule has 1 saturated heterocycles. The van der Waals surface area contributed by atoms with Gasteiger partial charge in [0, 0.05) is 0 Å². The van der Waals surface area contributed by atoms with Gasteiger partial charge in [-0.25, -0.2) is 8.42 Å². The van der Waals surface area contributed by atoms with Crippen LogP contribution in [0.15, 0.2) is 0 Å². The van der Waals surface area contributed by atoms with Gasteiger partial charge in [-0.2, -0.15) is 0 Å². The normalized spacial score (nSPS) is 17.5. The topological polar surface area (TPSA) is 193 Å². The summed E-state index contributed by atoms with van der Waals surface area (Å²) in [4.78, 5) is 43.0. The van der Waals surface area contributed by atoms with Crippen molar-refractivity contribution in [1.29, 1.82) is 0 Å². The SMILES string of the molecule is CCOC(=O)[C@@H](N)CS(=O)(=O)CC(=O)N1CC([N+](=O)[O-])([N+](=O)[O-])C1. The molecule has 0 saturated carbocycles. The summed E-state index contributed by atoms with van der Waals surface area (Å²) in [6.07, 6.45) is 0. The van der Waals surface area contributed by atoms with E-state index in [1.54, 1.807) is 0 Å². The number of hydrogen-bond donors (Lipinski definition) is 1. The maximum atomic E-state index is 11.8. The minimum atomic E-state index is -4.10. The fourth-order valence-electron chi connectivity index (χ4n) is 1.97. The third-order valence-electron chi connectivity index (χ3n) is 3.29. The minimum absolute atomic E-state index is 0.00313. The maximum Gasteiger partial charge on any atom is 0.492 e. The average Bonchev–Trinajstić information content (AvgIpc) is 2.35. The van der Waals surface area contributed by atoms with E-state index in [2.05, 4.69) is 4.74 Å². The molecule has 24 heavy (non-hydrogen) atoms. The van der Waals surface area contributed by atoms with Gasteiger partial charge in [-0.1, -0.05) is 0 Å². The highest BCUT2D eigenvalue weighted by Gasteiger charge is 2.67. The predicted molar refractivity (Wildman–Crippen MR) is 76.6 cm³/mol. The van der Waals surface area contributed by atoms with Crippen LogP contribution in [-0.4, -0.2) is 77.9 Å². The Morgan fingerprint density at radius 3 is 2.21 bits per heavy atom. The van der Waals surface area contributed by atoms with Crippen molar-refractivity contribution in [2.45, 2.75) is 18.6 Å². The van der Waals surface area contributed by atoms with Crippen molar-refractivity contribution < 1.29 is 32.6 Å². The van der Waals surface area contributed by atoms with Crippen LogP contribution in [0.2, 0.25) is 0 Å². The summed E-state index contributed by atoms with van der Waals surface area (Å²) < 4.78 is 28.2. The van der Waals surface area contributed by atoms with Crippen molar-refractivity contribution in [3.63, 3.8) is 0 Å². The molecular weight excluding hydrogens is 352 g/mol. The fourth-order valence-corrected chi connectivity index (χ4v) is 3.33. The molecule has 1 rings (SSSR count). The van der Waals surface area contributed by atoms with E-state index in [0.29, 0.717) is 4.90 Å². The van der Waals surface area contributed by atoms with E-state index < -0.39 is 67.9 Å². The lowest BCUT2D eigenvalue weighted by molar-refractivity contribution is -0.809. The van der Waals surface area contributed by atoms with Crippen LogP contribution in [0.5, 0.6) is 0 Å². The summed E-state index contributed by atoms with van der Waals surface area (Å²) in [5.41, 5.74) is 2.84. The van der Waals surface area contributed by atoms with Crippen molar-refractivity contribution in [2.75, 3.05) is 31.2 Å². The highest BCUT2D eigenvalue weighted by Crippen LogP contribution is 2.25.